The SMILES string of the molecule is CCOc1cc([N+](=O)[O-])c(C(=O)OCC(=O)Nc2cc3oc4ccccc4c3cc2OC)cc1OC. The topological polar surface area (TPSA) is 139 Å². The number of benzene rings is 3. The number of ether oxygens (including phenoxy) is 4. The van der Waals surface area contributed by atoms with Crippen molar-refractivity contribution in [2.24, 2.45) is 0 Å². The first-order chi connectivity index (χ1) is 17.4. The van der Waals surface area contributed by atoms with E-state index in [1.165, 1.54) is 14.2 Å². The van der Waals surface area contributed by atoms with Gasteiger partial charge in [0, 0.05) is 22.9 Å². The number of nitro groups is 1. The Hall–Kier alpha value is -4.80. The van der Waals surface area contributed by atoms with Gasteiger partial charge in [-0.3, -0.25) is 14.9 Å². The highest BCUT2D eigenvalue weighted by atomic mass is 16.6. The van der Waals surface area contributed by atoms with Crippen molar-refractivity contribution < 1.29 is 37.9 Å². The van der Waals surface area contributed by atoms with E-state index < -0.39 is 29.1 Å². The van der Waals surface area contributed by atoms with Crippen LogP contribution in [0.4, 0.5) is 11.4 Å². The number of nitro benzene ring substituents is 1. The molecule has 186 valence electrons. The van der Waals surface area contributed by atoms with Crippen molar-refractivity contribution in [1.82, 2.24) is 0 Å². The highest BCUT2D eigenvalue weighted by Crippen LogP contribution is 2.37. The lowest BCUT2D eigenvalue weighted by Crippen LogP contribution is -2.21. The van der Waals surface area contributed by atoms with Crippen LogP contribution in [-0.2, 0) is 9.53 Å². The molecule has 0 spiro atoms. The molecule has 0 bridgehead atoms. The third kappa shape index (κ3) is 4.71. The van der Waals surface area contributed by atoms with Crippen molar-refractivity contribution in [2.45, 2.75) is 6.92 Å². The summed E-state index contributed by atoms with van der Waals surface area (Å²) in [5, 5.41) is 15.8. The monoisotopic (exact) mass is 494 g/mol. The van der Waals surface area contributed by atoms with Crippen molar-refractivity contribution in [3.8, 4) is 17.2 Å². The van der Waals surface area contributed by atoms with Crippen LogP contribution in [-0.4, -0.2) is 44.2 Å². The number of esters is 1. The third-order valence-electron chi connectivity index (χ3n) is 5.31. The fraction of sp³-hybridized carbons (Fsp3) is 0.200. The van der Waals surface area contributed by atoms with Crippen molar-refractivity contribution in [1.29, 1.82) is 0 Å². The van der Waals surface area contributed by atoms with E-state index in [4.69, 9.17) is 23.4 Å². The molecule has 0 radical (unpaired) electrons. The van der Waals surface area contributed by atoms with Gasteiger partial charge in [-0.1, -0.05) is 18.2 Å². The van der Waals surface area contributed by atoms with Gasteiger partial charge in [0.15, 0.2) is 18.1 Å². The number of rotatable bonds is 9. The second-order valence-electron chi connectivity index (χ2n) is 7.48. The number of carbonyl (C=O) groups excluding carboxylic acids is 2. The predicted molar refractivity (Wildman–Crippen MR) is 130 cm³/mol. The number of para-hydroxylation sites is 1. The van der Waals surface area contributed by atoms with E-state index in [1.54, 1.807) is 19.1 Å². The molecule has 0 saturated carbocycles. The maximum absolute atomic E-state index is 12.6. The van der Waals surface area contributed by atoms with Crippen LogP contribution in [0.2, 0.25) is 0 Å². The van der Waals surface area contributed by atoms with Crippen molar-refractivity contribution in [3.63, 3.8) is 0 Å². The number of methoxy groups -OCH3 is 2. The molecule has 4 aromatic rings. The molecule has 3 aromatic carbocycles. The molecule has 11 heteroatoms. The van der Waals surface area contributed by atoms with Gasteiger partial charge in [0.1, 0.15) is 22.5 Å². The average molecular weight is 494 g/mol. The molecular weight excluding hydrogens is 472 g/mol. The molecule has 36 heavy (non-hydrogen) atoms. The summed E-state index contributed by atoms with van der Waals surface area (Å²) in [7, 11) is 2.79. The molecule has 1 amide bonds. The van der Waals surface area contributed by atoms with Gasteiger partial charge in [0.2, 0.25) is 0 Å². The number of carbonyl (C=O) groups is 2. The number of nitrogens with zero attached hydrogens (tertiary/aromatic N) is 1. The summed E-state index contributed by atoms with van der Waals surface area (Å²) < 4.78 is 26.8. The molecule has 11 nitrogen and oxygen atoms in total. The summed E-state index contributed by atoms with van der Waals surface area (Å²) in [6.45, 7) is 1.24. The fourth-order valence-corrected chi connectivity index (χ4v) is 3.70. The molecule has 0 atom stereocenters. The van der Waals surface area contributed by atoms with Gasteiger partial charge < -0.3 is 28.7 Å². The van der Waals surface area contributed by atoms with E-state index in [1.807, 2.05) is 24.3 Å². The van der Waals surface area contributed by atoms with Crippen molar-refractivity contribution in [3.05, 3.63) is 64.2 Å². The fourth-order valence-electron chi connectivity index (χ4n) is 3.70. The predicted octanol–water partition coefficient (Wildman–Crippen LogP) is 4.71. The quantitative estimate of drug-likeness (QED) is 0.199. The maximum Gasteiger partial charge on any atom is 0.345 e. The molecule has 1 aromatic heterocycles. The standard InChI is InChI=1S/C25H22N2O9/c1-4-34-23-12-18(27(30)31)16(10-22(23)33-3)25(29)35-13-24(28)26-17-11-20-15(9-21(17)32-2)14-7-5-6-8-19(14)36-20/h5-12H,4,13H2,1-3H3,(H,26,28). The Morgan fingerprint density at radius 1 is 0.972 bits per heavy atom. The van der Waals surface area contributed by atoms with Gasteiger partial charge in [-0.15, -0.1) is 0 Å². The summed E-state index contributed by atoms with van der Waals surface area (Å²) >= 11 is 0. The Labute approximate surface area is 204 Å². The molecule has 0 aliphatic carbocycles. The van der Waals surface area contributed by atoms with Gasteiger partial charge >= 0.3 is 5.97 Å². The number of amides is 1. The van der Waals surface area contributed by atoms with Gasteiger partial charge in [-0.05, 0) is 19.1 Å². The van der Waals surface area contributed by atoms with Crippen molar-refractivity contribution >= 4 is 45.2 Å². The molecule has 1 N–H and O–H groups in total. The molecular formula is C25H22N2O9. The summed E-state index contributed by atoms with van der Waals surface area (Å²) in [5.74, 6) is -1.16. The Balaban J connectivity index is 1.52. The van der Waals surface area contributed by atoms with Crippen LogP contribution in [0.25, 0.3) is 21.9 Å². The van der Waals surface area contributed by atoms with Crippen molar-refractivity contribution in [2.75, 3.05) is 32.8 Å². The summed E-state index contributed by atoms with van der Waals surface area (Å²) in [4.78, 5) is 35.9. The maximum atomic E-state index is 12.6. The summed E-state index contributed by atoms with van der Waals surface area (Å²) in [6.07, 6.45) is 0. The lowest BCUT2D eigenvalue weighted by Gasteiger charge is -2.12. The van der Waals surface area contributed by atoms with Crippen LogP contribution >= 0.6 is 0 Å². The highest BCUT2D eigenvalue weighted by molar-refractivity contribution is 6.08. The number of fused-ring (bicyclic) bond motifs is 3. The molecule has 0 aliphatic rings. The van der Waals surface area contributed by atoms with Crippen LogP contribution in [0.1, 0.15) is 17.3 Å². The zero-order chi connectivity index (χ0) is 25.8. The van der Waals surface area contributed by atoms with E-state index in [2.05, 4.69) is 5.32 Å². The van der Waals surface area contributed by atoms with E-state index in [0.29, 0.717) is 22.6 Å². The first kappa shape index (κ1) is 24.3. The van der Waals surface area contributed by atoms with E-state index >= 15 is 0 Å². The number of hydrogen-bond acceptors (Lipinski definition) is 9. The van der Waals surface area contributed by atoms with Crippen LogP contribution in [0, 0.1) is 10.1 Å². The summed E-state index contributed by atoms with van der Waals surface area (Å²) in [5.41, 5.74) is 0.593. The third-order valence-corrected chi connectivity index (χ3v) is 5.31. The zero-order valence-electron chi connectivity index (χ0n) is 19.7. The Kier molecular flexibility index (Phi) is 6.91. The van der Waals surface area contributed by atoms with Gasteiger partial charge in [-0.2, -0.15) is 0 Å². The number of furan rings is 1. The van der Waals surface area contributed by atoms with Gasteiger partial charge in [0.05, 0.1) is 37.5 Å². The van der Waals surface area contributed by atoms with E-state index in [-0.39, 0.29) is 23.7 Å². The number of anilines is 1. The Bertz CT molecular complexity index is 1480. The zero-order valence-corrected chi connectivity index (χ0v) is 19.7. The number of nitrogens with one attached hydrogen (secondary N) is 1. The molecule has 1 heterocycles. The molecule has 0 unspecified atom stereocenters. The highest BCUT2D eigenvalue weighted by Gasteiger charge is 2.26. The Morgan fingerprint density at radius 3 is 2.42 bits per heavy atom. The van der Waals surface area contributed by atoms with Gasteiger partial charge in [-0.25, -0.2) is 4.79 Å². The Morgan fingerprint density at radius 2 is 1.72 bits per heavy atom. The first-order valence-corrected chi connectivity index (χ1v) is 10.8. The van der Waals surface area contributed by atoms with Crippen LogP contribution < -0.4 is 19.5 Å². The van der Waals surface area contributed by atoms with Crippen LogP contribution in [0.15, 0.2) is 52.9 Å². The second-order valence-corrected chi connectivity index (χ2v) is 7.48. The summed E-state index contributed by atoms with van der Waals surface area (Å²) in [6, 6.07) is 13.0. The average Bonchev–Trinajstić information content (AvgIpc) is 3.23. The van der Waals surface area contributed by atoms with E-state index in [0.717, 1.165) is 22.9 Å². The minimum Gasteiger partial charge on any atom is -0.495 e. The van der Waals surface area contributed by atoms with Crippen LogP contribution in [0.5, 0.6) is 17.2 Å². The second kappa shape index (κ2) is 10.2. The first-order valence-electron chi connectivity index (χ1n) is 10.8. The largest absolute Gasteiger partial charge is 0.495 e. The lowest BCUT2D eigenvalue weighted by molar-refractivity contribution is -0.385. The molecule has 0 aliphatic heterocycles. The molecule has 4 rings (SSSR count). The molecule has 0 saturated heterocycles. The smallest absolute Gasteiger partial charge is 0.345 e. The van der Waals surface area contributed by atoms with Gasteiger partial charge in [0.25, 0.3) is 11.6 Å². The minimum atomic E-state index is -1.07. The normalized spacial score (nSPS) is 10.8. The number of hydrogen-bond donors (Lipinski definition) is 1. The van der Waals surface area contributed by atoms with E-state index in [9.17, 15) is 19.7 Å². The van der Waals surface area contributed by atoms with Crippen LogP contribution in [0.3, 0.4) is 0 Å². The lowest BCUT2D eigenvalue weighted by atomic mass is 10.1. The minimum absolute atomic E-state index is 0.106. The molecule has 0 fully saturated rings.